The average molecular weight is 243 g/mol. The smallest absolute Gasteiger partial charge is 0.303 e. The molecule has 0 aromatic heterocycles. The Bertz CT molecular complexity index is 241. The van der Waals surface area contributed by atoms with E-state index in [0.29, 0.717) is 13.0 Å². The fourth-order valence-corrected chi connectivity index (χ4v) is 1.84. The summed E-state index contributed by atoms with van der Waals surface area (Å²) in [5.41, 5.74) is 0. The first-order valence-electron chi connectivity index (χ1n) is 6.49. The van der Waals surface area contributed by atoms with Crippen molar-refractivity contribution in [3.05, 3.63) is 0 Å². The van der Waals surface area contributed by atoms with E-state index in [1.807, 2.05) is 6.92 Å². The average Bonchev–Trinajstić information content (AvgIpc) is 2.29. The maximum atomic E-state index is 12.0. The van der Waals surface area contributed by atoms with Gasteiger partial charge in [0.25, 0.3) is 0 Å². The van der Waals surface area contributed by atoms with Crippen molar-refractivity contribution in [2.75, 3.05) is 13.6 Å². The number of unbranched alkanes of at least 4 members (excludes halogenated alkanes) is 1. The first-order chi connectivity index (χ1) is 8.02. The minimum Gasteiger partial charge on any atom is -0.481 e. The molecule has 4 heteroatoms. The molecule has 0 aliphatic heterocycles. The van der Waals surface area contributed by atoms with Crippen molar-refractivity contribution in [3.63, 3.8) is 0 Å². The zero-order valence-corrected chi connectivity index (χ0v) is 11.2. The van der Waals surface area contributed by atoms with Crippen LogP contribution in [0, 0.1) is 5.92 Å². The molecule has 0 rings (SSSR count). The van der Waals surface area contributed by atoms with Crippen LogP contribution in [-0.4, -0.2) is 35.5 Å². The maximum Gasteiger partial charge on any atom is 0.303 e. The van der Waals surface area contributed by atoms with Gasteiger partial charge in [-0.2, -0.15) is 0 Å². The highest BCUT2D eigenvalue weighted by Crippen LogP contribution is 2.15. The van der Waals surface area contributed by atoms with E-state index in [1.54, 1.807) is 11.9 Å². The fraction of sp³-hybridized carbons (Fsp3) is 0.846. The van der Waals surface area contributed by atoms with E-state index in [1.165, 1.54) is 0 Å². The van der Waals surface area contributed by atoms with Crippen LogP contribution in [0.4, 0.5) is 0 Å². The van der Waals surface area contributed by atoms with E-state index >= 15 is 0 Å². The molecule has 0 aromatic rings. The Balaban J connectivity index is 4.02. The number of carboxylic acid groups (broad SMARTS) is 1. The Morgan fingerprint density at radius 1 is 1.24 bits per heavy atom. The second kappa shape index (κ2) is 9.02. The van der Waals surface area contributed by atoms with Crippen molar-refractivity contribution in [2.45, 2.75) is 52.4 Å². The van der Waals surface area contributed by atoms with Gasteiger partial charge in [-0.1, -0.05) is 26.7 Å². The molecule has 0 saturated heterocycles. The zero-order valence-electron chi connectivity index (χ0n) is 11.2. The van der Waals surface area contributed by atoms with Crippen LogP contribution in [0.25, 0.3) is 0 Å². The highest BCUT2D eigenvalue weighted by Gasteiger charge is 2.19. The standard InChI is InChI=1S/C13H25NO3/c1-4-6-8-11(5-2)13(17)14(3)10-7-9-12(15)16/h11H,4-10H2,1-3H3,(H,15,16). The summed E-state index contributed by atoms with van der Waals surface area (Å²) in [6.07, 6.45) is 4.64. The van der Waals surface area contributed by atoms with Gasteiger partial charge in [-0.25, -0.2) is 0 Å². The molecular formula is C13H25NO3. The quantitative estimate of drug-likeness (QED) is 0.677. The van der Waals surface area contributed by atoms with E-state index in [4.69, 9.17) is 5.11 Å². The third-order valence-corrected chi connectivity index (χ3v) is 3.01. The Morgan fingerprint density at radius 3 is 2.35 bits per heavy atom. The van der Waals surface area contributed by atoms with Gasteiger partial charge < -0.3 is 10.0 Å². The van der Waals surface area contributed by atoms with E-state index < -0.39 is 5.97 Å². The molecule has 1 atom stereocenters. The van der Waals surface area contributed by atoms with E-state index in [9.17, 15) is 9.59 Å². The lowest BCUT2D eigenvalue weighted by Gasteiger charge is -2.22. The number of carboxylic acids is 1. The molecule has 0 aliphatic rings. The molecular weight excluding hydrogens is 218 g/mol. The predicted octanol–water partition coefficient (Wildman–Crippen LogP) is 2.53. The highest BCUT2D eigenvalue weighted by molar-refractivity contribution is 5.78. The molecule has 0 spiro atoms. The summed E-state index contributed by atoms with van der Waals surface area (Å²) < 4.78 is 0. The van der Waals surface area contributed by atoms with Gasteiger partial charge in [-0.3, -0.25) is 9.59 Å². The normalized spacial score (nSPS) is 12.2. The van der Waals surface area contributed by atoms with Crippen LogP contribution in [0.3, 0.4) is 0 Å². The van der Waals surface area contributed by atoms with Gasteiger partial charge >= 0.3 is 5.97 Å². The van der Waals surface area contributed by atoms with Crippen LogP contribution in [0.5, 0.6) is 0 Å². The summed E-state index contributed by atoms with van der Waals surface area (Å²) in [6, 6.07) is 0. The lowest BCUT2D eigenvalue weighted by Crippen LogP contribution is -2.33. The second-order valence-electron chi connectivity index (χ2n) is 4.50. The van der Waals surface area contributed by atoms with Crippen LogP contribution in [0.1, 0.15) is 52.4 Å². The Kier molecular flexibility index (Phi) is 8.46. The number of aliphatic carboxylic acids is 1. The van der Waals surface area contributed by atoms with Gasteiger partial charge in [0.2, 0.25) is 5.91 Å². The Labute approximate surface area is 104 Å². The van der Waals surface area contributed by atoms with Crippen molar-refractivity contribution < 1.29 is 14.7 Å². The van der Waals surface area contributed by atoms with Crippen molar-refractivity contribution in [2.24, 2.45) is 5.92 Å². The molecule has 0 saturated carbocycles. The summed E-state index contributed by atoms with van der Waals surface area (Å²) in [5, 5.41) is 8.53. The van der Waals surface area contributed by atoms with Crippen LogP contribution in [-0.2, 0) is 9.59 Å². The Hall–Kier alpha value is -1.06. The lowest BCUT2D eigenvalue weighted by atomic mass is 9.98. The molecule has 17 heavy (non-hydrogen) atoms. The highest BCUT2D eigenvalue weighted by atomic mass is 16.4. The number of carbonyl (C=O) groups excluding carboxylic acids is 1. The molecule has 0 radical (unpaired) electrons. The third-order valence-electron chi connectivity index (χ3n) is 3.01. The van der Waals surface area contributed by atoms with Gasteiger partial charge in [-0.15, -0.1) is 0 Å². The van der Waals surface area contributed by atoms with Crippen molar-refractivity contribution in [1.82, 2.24) is 4.90 Å². The molecule has 0 aliphatic carbocycles. The SMILES string of the molecule is CCCCC(CC)C(=O)N(C)CCCC(=O)O. The topological polar surface area (TPSA) is 57.6 Å². The van der Waals surface area contributed by atoms with Crippen LogP contribution < -0.4 is 0 Å². The van der Waals surface area contributed by atoms with E-state index in [-0.39, 0.29) is 18.2 Å². The monoisotopic (exact) mass is 243 g/mol. The molecule has 4 nitrogen and oxygen atoms in total. The third kappa shape index (κ3) is 6.97. The first kappa shape index (κ1) is 15.9. The first-order valence-corrected chi connectivity index (χ1v) is 6.49. The number of carbonyl (C=O) groups is 2. The number of nitrogens with zero attached hydrogens (tertiary/aromatic N) is 1. The zero-order chi connectivity index (χ0) is 13.3. The van der Waals surface area contributed by atoms with Crippen molar-refractivity contribution in [1.29, 1.82) is 0 Å². The van der Waals surface area contributed by atoms with Crippen molar-refractivity contribution in [3.8, 4) is 0 Å². The van der Waals surface area contributed by atoms with Gasteiger partial charge in [0.15, 0.2) is 0 Å². The molecule has 100 valence electrons. The molecule has 1 N–H and O–H groups in total. The molecule has 0 aromatic carbocycles. The fourth-order valence-electron chi connectivity index (χ4n) is 1.84. The van der Waals surface area contributed by atoms with Gasteiger partial charge in [0, 0.05) is 25.9 Å². The molecule has 1 unspecified atom stereocenters. The number of hydrogen-bond acceptors (Lipinski definition) is 2. The Morgan fingerprint density at radius 2 is 1.88 bits per heavy atom. The van der Waals surface area contributed by atoms with E-state index in [0.717, 1.165) is 25.7 Å². The molecule has 0 bridgehead atoms. The minimum absolute atomic E-state index is 0.102. The predicted molar refractivity (Wildman–Crippen MR) is 67.8 cm³/mol. The summed E-state index contributed by atoms with van der Waals surface area (Å²) in [5.74, 6) is -0.542. The van der Waals surface area contributed by atoms with Crippen LogP contribution >= 0.6 is 0 Å². The van der Waals surface area contributed by atoms with E-state index in [2.05, 4.69) is 6.92 Å². The van der Waals surface area contributed by atoms with Crippen LogP contribution in [0.2, 0.25) is 0 Å². The number of hydrogen-bond donors (Lipinski definition) is 1. The van der Waals surface area contributed by atoms with Gasteiger partial charge in [-0.05, 0) is 19.3 Å². The van der Waals surface area contributed by atoms with Crippen LogP contribution in [0.15, 0.2) is 0 Å². The second-order valence-corrected chi connectivity index (χ2v) is 4.50. The summed E-state index contributed by atoms with van der Waals surface area (Å²) in [7, 11) is 1.76. The lowest BCUT2D eigenvalue weighted by molar-refractivity contribution is -0.138. The van der Waals surface area contributed by atoms with Gasteiger partial charge in [0.1, 0.15) is 0 Å². The van der Waals surface area contributed by atoms with Crippen molar-refractivity contribution >= 4 is 11.9 Å². The summed E-state index contributed by atoms with van der Waals surface area (Å²) in [6.45, 7) is 4.69. The summed E-state index contributed by atoms with van der Waals surface area (Å²) in [4.78, 5) is 24.1. The molecule has 0 heterocycles. The summed E-state index contributed by atoms with van der Waals surface area (Å²) >= 11 is 0. The number of amides is 1. The number of rotatable bonds is 9. The molecule has 1 amide bonds. The van der Waals surface area contributed by atoms with Gasteiger partial charge in [0.05, 0.1) is 0 Å². The largest absolute Gasteiger partial charge is 0.481 e. The maximum absolute atomic E-state index is 12.0. The molecule has 0 fully saturated rings. The minimum atomic E-state index is -0.802.